The van der Waals surface area contributed by atoms with Gasteiger partial charge in [0, 0.05) is 26.1 Å². The van der Waals surface area contributed by atoms with Gasteiger partial charge in [-0.1, -0.05) is 55.5 Å². The van der Waals surface area contributed by atoms with E-state index in [2.05, 4.69) is 22.5 Å². The lowest BCUT2D eigenvalue weighted by molar-refractivity contribution is -0.142. The number of carbonyl (C=O) groups excluding carboxylic acids is 2. The Morgan fingerprint density at radius 2 is 1.69 bits per heavy atom. The molecule has 1 fully saturated rings. The van der Waals surface area contributed by atoms with Crippen molar-refractivity contribution in [2.24, 2.45) is 18.9 Å². The van der Waals surface area contributed by atoms with Gasteiger partial charge in [-0.15, -0.1) is 0 Å². The minimum Gasteiger partial charge on any atom is -0.481 e. The number of benzene rings is 2. The number of nitrogens with zero attached hydrogens (tertiary/aromatic N) is 3. The normalized spacial score (nSPS) is 18.7. The highest BCUT2D eigenvalue weighted by Crippen LogP contribution is 2.44. The molecular weight excluding hydrogens is 448 g/mol. The van der Waals surface area contributed by atoms with Crippen LogP contribution in [0, 0.1) is 11.8 Å². The Morgan fingerprint density at radius 3 is 2.29 bits per heavy atom. The highest BCUT2D eigenvalue weighted by atomic mass is 16.5. The van der Waals surface area contributed by atoms with Crippen molar-refractivity contribution in [2.45, 2.75) is 12.8 Å². The topological polar surface area (TPSA) is 114 Å². The largest absolute Gasteiger partial charge is 0.481 e. The molecular formula is C26H26N4O5. The summed E-state index contributed by atoms with van der Waals surface area (Å²) in [4.78, 5) is 38.8. The van der Waals surface area contributed by atoms with Crippen LogP contribution < -0.4 is 5.32 Å². The maximum atomic E-state index is 13.1. The van der Waals surface area contributed by atoms with E-state index in [1.54, 1.807) is 7.05 Å². The van der Waals surface area contributed by atoms with E-state index in [9.17, 15) is 19.5 Å². The fourth-order valence-electron chi connectivity index (χ4n) is 5.10. The van der Waals surface area contributed by atoms with E-state index in [0.29, 0.717) is 6.54 Å². The summed E-state index contributed by atoms with van der Waals surface area (Å²) in [6.07, 6.45) is 0.683. The number of fused-ring (bicyclic) bond motifs is 3. The summed E-state index contributed by atoms with van der Waals surface area (Å²) in [5, 5.41) is 16.1. The number of aromatic nitrogens is 2. The molecule has 1 aromatic heterocycles. The molecule has 1 saturated heterocycles. The Labute approximate surface area is 202 Å². The van der Waals surface area contributed by atoms with Crippen molar-refractivity contribution in [3.05, 3.63) is 71.4 Å². The Bertz CT molecular complexity index is 1270. The number of aryl methyl sites for hydroxylation is 1. The first-order valence-corrected chi connectivity index (χ1v) is 11.5. The molecule has 2 amide bonds. The molecule has 1 aliphatic heterocycles. The molecule has 9 nitrogen and oxygen atoms in total. The third kappa shape index (κ3) is 4.03. The first-order chi connectivity index (χ1) is 16.8. The molecule has 0 bridgehead atoms. The van der Waals surface area contributed by atoms with Crippen LogP contribution >= 0.6 is 0 Å². The number of hydrogen-bond donors (Lipinski definition) is 2. The number of carbonyl (C=O) groups is 3. The molecule has 0 spiro atoms. The lowest BCUT2D eigenvalue weighted by atomic mass is 9.98. The van der Waals surface area contributed by atoms with Crippen molar-refractivity contribution in [1.29, 1.82) is 0 Å². The molecule has 0 radical (unpaired) electrons. The van der Waals surface area contributed by atoms with Gasteiger partial charge in [-0.25, -0.2) is 4.79 Å². The summed E-state index contributed by atoms with van der Waals surface area (Å²) in [7, 11) is 1.61. The van der Waals surface area contributed by atoms with Gasteiger partial charge in [-0.2, -0.15) is 5.10 Å². The van der Waals surface area contributed by atoms with Gasteiger partial charge in [0.25, 0.3) is 5.91 Å². The van der Waals surface area contributed by atoms with E-state index in [1.165, 1.54) is 15.8 Å². The van der Waals surface area contributed by atoms with Gasteiger partial charge in [0.2, 0.25) is 0 Å². The minimum atomic E-state index is -0.920. The number of nitrogens with one attached hydrogen (secondary N) is 1. The van der Waals surface area contributed by atoms with Gasteiger partial charge >= 0.3 is 12.1 Å². The highest BCUT2D eigenvalue weighted by molar-refractivity contribution is 6.02. The van der Waals surface area contributed by atoms with E-state index < -0.39 is 18.0 Å². The van der Waals surface area contributed by atoms with Gasteiger partial charge in [0.05, 0.1) is 12.1 Å². The fourth-order valence-corrected chi connectivity index (χ4v) is 5.10. The summed E-state index contributed by atoms with van der Waals surface area (Å²) >= 11 is 0. The predicted octanol–water partition coefficient (Wildman–Crippen LogP) is 3.57. The van der Waals surface area contributed by atoms with Crippen molar-refractivity contribution in [3.63, 3.8) is 0 Å². The summed E-state index contributed by atoms with van der Waals surface area (Å²) in [6.45, 7) is 2.40. The molecule has 2 aromatic carbocycles. The number of rotatable bonds is 5. The maximum Gasteiger partial charge on any atom is 0.412 e. The third-order valence-corrected chi connectivity index (χ3v) is 6.95. The monoisotopic (exact) mass is 474 g/mol. The van der Waals surface area contributed by atoms with E-state index in [-0.39, 0.29) is 42.3 Å². The predicted molar refractivity (Wildman–Crippen MR) is 128 cm³/mol. The summed E-state index contributed by atoms with van der Waals surface area (Å²) in [5.74, 6) is -1.95. The minimum absolute atomic E-state index is 0.0835. The van der Waals surface area contributed by atoms with Crippen LogP contribution in [-0.4, -0.2) is 57.5 Å². The van der Waals surface area contributed by atoms with Crippen molar-refractivity contribution in [2.75, 3.05) is 25.0 Å². The number of anilines is 1. The van der Waals surface area contributed by atoms with Crippen molar-refractivity contribution >= 4 is 23.8 Å². The summed E-state index contributed by atoms with van der Waals surface area (Å²) in [6, 6.07) is 16.1. The first-order valence-electron chi connectivity index (χ1n) is 11.5. The molecule has 1 aliphatic carbocycles. The fraction of sp³-hybridized carbons (Fsp3) is 0.308. The number of carboxylic acids is 1. The van der Waals surface area contributed by atoms with Gasteiger partial charge in [-0.3, -0.25) is 19.6 Å². The Balaban J connectivity index is 1.29. The first kappa shape index (κ1) is 22.6. The van der Waals surface area contributed by atoms with Crippen LogP contribution in [0.5, 0.6) is 0 Å². The molecule has 0 unspecified atom stereocenters. The van der Waals surface area contributed by atoms with Gasteiger partial charge in [0.15, 0.2) is 0 Å². The zero-order valence-corrected chi connectivity index (χ0v) is 19.5. The standard InChI is InChI=1S/C26H26N4O5/c1-15-12-30(13-21(15)25(32)33)24(31)20-11-27-29(2)23(20)28-26(34)35-14-22-18-9-5-3-7-16(18)17-8-4-6-10-19(17)22/h3-11,15,21-22H,12-14H2,1-2H3,(H,28,34)(H,32,33)/t15-,21-/m1/s1. The van der Waals surface area contributed by atoms with Crippen LogP contribution in [0.25, 0.3) is 11.1 Å². The molecule has 0 saturated carbocycles. The highest BCUT2D eigenvalue weighted by Gasteiger charge is 2.38. The molecule has 2 aliphatic rings. The third-order valence-electron chi connectivity index (χ3n) is 6.95. The van der Waals surface area contributed by atoms with Crippen LogP contribution in [0.2, 0.25) is 0 Å². The van der Waals surface area contributed by atoms with Crippen molar-refractivity contribution in [3.8, 4) is 11.1 Å². The van der Waals surface area contributed by atoms with Gasteiger partial charge in [0.1, 0.15) is 18.0 Å². The number of carboxylic acid groups (broad SMARTS) is 1. The smallest absolute Gasteiger partial charge is 0.412 e. The molecule has 2 atom stereocenters. The number of ether oxygens (including phenoxy) is 1. The second-order valence-corrected chi connectivity index (χ2v) is 9.11. The Kier molecular flexibility index (Phi) is 5.76. The Morgan fingerprint density at radius 1 is 1.06 bits per heavy atom. The number of amides is 2. The average molecular weight is 475 g/mol. The number of aliphatic carboxylic acids is 1. The zero-order chi connectivity index (χ0) is 24.7. The molecule has 2 N–H and O–H groups in total. The second-order valence-electron chi connectivity index (χ2n) is 9.11. The molecule has 180 valence electrons. The zero-order valence-electron chi connectivity index (χ0n) is 19.5. The van der Waals surface area contributed by atoms with Gasteiger partial charge in [-0.05, 0) is 28.2 Å². The van der Waals surface area contributed by atoms with Crippen LogP contribution in [-0.2, 0) is 16.6 Å². The van der Waals surface area contributed by atoms with Gasteiger partial charge < -0.3 is 14.7 Å². The Hall–Kier alpha value is -4.14. The van der Waals surface area contributed by atoms with Crippen molar-refractivity contribution in [1.82, 2.24) is 14.7 Å². The molecule has 9 heteroatoms. The summed E-state index contributed by atoms with van der Waals surface area (Å²) in [5.41, 5.74) is 4.68. The number of hydrogen-bond acceptors (Lipinski definition) is 5. The summed E-state index contributed by atoms with van der Waals surface area (Å²) < 4.78 is 6.99. The second kappa shape index (κ2) is 8.90. The maximum absolute atomic E-state index is 13.1. The SMILES string of the molecule is C[C@@H]1CN(C(=O)c2cnn(C)c2NC(=O)OCC2c3ccccc3-c3ccccc32)C[C@H]1C(=O)O. The number of likely N-dealkylation sites (tertiary alicyclic amines) is 1. The van der Waals surface area contributed by atoms with Crippen LogP contribution in [0.4, 0.5) is 10.6 Å². The van der Waals surface area contributed by atoms with E-state index in [0.717, 1.165) is 22.3 Å². The lowest BCUT2D eigenvalue weighted by Gasteiger charge is -2.17. The van der Waals surface area contributed by atoms with Crippen LogP contribution in [0.1, 0.15) is 34.3 Å². The quantitative estimate of drug-likeness (QED) is 0.584. The van der Waals surface area contributed by atoms with E-state index >= 15 is 0 Å². The van der Waals surface area contributed by atoms with Crippen molar-refractivity contribution < 1.29 is 24.2 Å². The average Bonchev–Trinajstić information content (AvgIpc) is 3.51. The van der Waals surface area contributed by atoms with E-state index in [1.807, 2.05) is 43.3 Å². The lowest BCUT2D eigenvalue weighted by Crippen LogP contribution is -2.31. The molecule has 35 heavy (non-hydrogen) atoms. The van der Waals surface area contributed by atoms with Crippen LogP contribution in [0.3, 0.4) is 0 Å². The van der Waals surface area contributed by atoms with Crippen LogP contribution in [0.15, 0.2) is 54.7 Å². The molecule has 5 rings (SSSR count). The van der Waals surface area contributed by atoms with E-state index in [4.69, 9.17) is 4.74 Å². The molecule has 2 heterocycles. The molecule has 3 aromatic rings.